The molecular weight excluding hydrogens is 350 g/mol. The van der Waals surface area contributed by atoms with Gasteiger partial charge in [0.15, 0.2) is 5.16 Å². The van der Waals surface area contributed by atoms with Crippen LogP contribution in [-0.2, 0) is 5.88 Å². The molecule has 26 heavy (non-hydrogen) atoms. The average Bonchev–Trinajstić information content (AvgIpc) is 3.19. The summed E-state index contributed by atoms with van der Waals surface area (Å²) in [7, 11) is 0. The third-order valence-corrected chi connectivity index (χ3v) is 5.80. The first-order valence-electron chi connectivity index (χ1n) is 8.96. The number of thioether (sulfide) groups is 1. The molecule has 0 radical (unpaired) electrons. The molecule has 9 heteroatoms. The van der Waals surface area contributed by atoms with E-state index in [-0.39, 0.29) is 5.56 Å². The van der Waals surface area contributed by atoms with Gasteiger partial charge in [0, 0.05) is 19.1 Å². The zero-order valence-corrected chi connectivity index (χ0v) is 15.1. The van der Waals surface area contributed by atoms with Gasteiger partial charge in [0.1, 0.15) is 5.52 Å². The van der Waals surface area contributed by atoms with Crippen molar-refractivity contribution < 1.29 is 0 Å². The summed E-state index contributed by atoms with van der Waals surface area (Å²) in [5.41, 5.74) is 0.497. The molecule has 0 spiro atoms. The van der Waals surface area contributed by atoms with E-state index in [9.17, 15) is 4.79 Å². The first-order chi connectivity index (χ1) is 12.8. The van der Waals surface area contributed by atoms with Gasteiger partial charge in [-0.3, -0.25) is 9.36 Å². The molecule has 0 amide bonds. The number of hydrogen-bond acceptors (Lipinski definition) is 7. The minimum Gasteiger partial charge on any atom is -0.341 e. The van der Waals surface area contributed by atoms with Gasteiger partial charge in [0.25, 0.3) is 5.56 Å². The number of nitrogens with zero attached hydrogens (tertiary/aromatic N) is 7. The summed E-state index contributed by atoms with van der Waals surface area (Å²) in [4.78, 5) is 14.9. The van der Waals surface area contributed by atoms with E-state index in [1.807, 2.05) is 12.1 Å². The van der Waals surface area contributed by atoms with Gasteiger partial charge in [-0.15, -0.1) is 15.3 Å². The lowest BCUT2D eigenvalue weighted by Gasteiger charge is -2.17. The zero-order chi connectivity index (χ0) is 17.5. The van der Waals surface area contributed by atoms with Crippen LogP contribution >= 0.6 is 11.8 Å². The summed E-state index contributed by atoms with van der Waals surface area (Å²) in [5.74, 6) is 1.35. The number of hydrogen-bond donors (Lipinski definition) is 0. The van der Waals surface area contributed by atoms with Crippen molar-refractivity contribution in [2.75, 3.05) is 18.0 Å². The highest BCUT2D eigenvalue weighted by molar-refractivity contribution is 7.98. The predicted molar refractivity (Wildman–Crippen MR) is 99.4 cm³/mol. The predicted octanol–water partition coefficient (Wildman–Crippen LogP) is 2.07. The molecule has 2 aliphatic rings. The Kier molecular flexibility index (Phi) is 3.88. The summed E-state index contributed by atoms with van der Waals surface area (Å²) in [6.45, 7) is 2.09. The lowest BCUT2D eigenvalue weighted by atomic mass is 10.2. The molecular formula is C17H19N7OS. The van der Waals surface area contributed by atoms with E-state index >= 15 is 0 Å². The Balaban J connectivity index is 1.42. The highest BCUT2D eigenvalue weighted by atomic mass is 32.2. The normalized spacial score (nSPS) is 17.3. The molecule has 0 unspecified atom stereocenters. The van der Waals surface area contributed by atoms with Gasteiger partial charge in [-0.1, -0.05) is 29.1 Å². The summed E-state index contributed by atoms with van der Waals surface area (Å²) >= 11 is 1.49. The third kappa shape index (κ3) is 2.76. The molecule has 8 nitrogen and oxygen atoms in total. The number of anilines is 1. The number of rotatable bonds is 5. The second kappa shape index (κ2) is 6.39. The van der Waals surface area contributed by atoms with Gasteiger partial charge in [-0.25, -0.2) is 0 Å². The van der Waals surface area contributed by atoms with Crippen molar-refractivity contribution >= 4 is 28.6 Å². The SMILES string of the molecule is O=c1c2ccccc2nnn1CSc1nnc(N2CCCC2)n1C1CC1. The third-order valence-electron chi connectivity index (χ3n) is 4.89. The van der Waals surface area contributed by atoms with Crippen molar-refractivity contribution in [3.8, 4) is 0 Å². The number of benzene rings is 1. The van der Waals surface area contributed by atoms with Gasteiger partial charge in [0.2, 0.25) is 5.95 Å². The van der Waals surface area contributed by atoms with Gasteiger partial charge < -0.3 is 4.90 Å². The molecule has 0 bridgehead atoms. The van der Waals surface area contributed by atoms with Crippen LogP contribution in [0.15, 0.2) is 34.2 Å². The lowest BCUT2D eigenvalue weighted by molar-refractivity contribution is 0.629. The van der Waals surface area contributed by atoms with Crippen molar-refractivity contribution in [2.45, 2.75) is 42.8 Å². The molecule has 3 heterocycles. The van der Waals surface area contributed by atoms with Crippen LogP contribution in [0.2, 0.25) is 0 Å². The van der Waals surface area contributed by atoms with Crippen LogP contribution in [0, 0.1) is 0 Å². The fourth-order valence-electron chi connectivity index (χ4n) is 3.38. The highest BCUT2D eigenvalue weighted by Gasteiger charge is 2.32. The van der Waals surface area contributed by atoms with E-state index in [0.29, 0.717) is 22.8 Å². The molecule has 1 aliphatic heterocycles. The first kappa shape index (κ1) is 15.8. The Morgan fingerprint density at radius 2 is 1.88 bits per heavy atom. The van der Waals surface area contributed by atoms with Crippen molar-refractivity contribution in [3.63, 3.8) is 0 Å². The lowest BCUT2D eigenvalue weighted by Crippen LogP contribution is -2.24. The van der Waals surface area contributed by atoms with E-state index in [1.54, 1.807) is 12.1 Å². The molecule has 0 atom stereocenters. The summed E-state index contributed by atoms with van der Waals surface area (Å²) in [6, 6.07) is 7.77. The number of fused-ring (bicyclic) bond motifs is 1. The Hall–Kier alpha value is -2.42. The van der Waals surface area contributed by atoms with Crippen molar-refractivity contribution in [2.24, 2.45) is 0 Å². The van der Waals surface area contributed by atoms with Gasteiger partial charge in [-0.2, -0.15) is 4.68 Å². The second-order valence-electron chi connectivity index (χ2n) is 6.76. The maximum Gasteiger partial charge on any atom is 0.278 e. The minimum atomic E-state index is -0.125. The number of aromatic nitrogens is 6. The summed E-state index contributed by atoms with van der Waals surface area (Å²) in [5, 5.41) is 18.5. The molecule has 0 N–H and O–H groups in total. The van der Waals surface area contributed by atoms with Crippen LogP contribution in [0.3, 0.4) is 0 Å². The topological polar surface area (TPSA) is 81.7 Å². The molecule has 5 rings (SSSR count). The molecule has 3 aromatic rings. The Morgan fingerprint density at radius 1 is 1.08 bits per heavy atom. The van der Waals surface area contributed by atoms with Crippen LogP contribution in [-0.4, -0.2) is 42.8 Å². The quantitative estimate of drug-likeness (QED) is 0.637. The van der Waals surface area contributed by atoms with E-state index in [1.165, 1.54) is 42.1 Å². The fraction of sp³-hybridized carbons (Fsp3) is 0.471. The van der Waals surface area contributed by atoms with E-state index in [4.69, 9.17) is 0 Å². The monoisotopic (exact) mass is 369 g/mol. The Morgan fingerprint density at radius 3 is 2.69 bits per heavy atom. The fourth-order valence-corrected chi connectivity index (χ4v) is 4.25. The maximum absolute atomic E-state index is 12.6. The average molecular weight is 369 g/mol. The smallest absolute Gasteiger partial charge is 0.278 e. The molecule has 1 saturated heterocycles. The molecule has 134 valence electrons. The standard InChI is InChI=1S/C17H19N7OS/c25-15-13-5-1-2-6-14(13)18-21-23(15)11-26-17-20-19-16(22-9-3-4-10-22)24(17)12-7-8-12/h1-2,5-6,12H,3-4,7-11H2. The first-order valence-corrected chi connectivity index (χ1v) is 9.95. The van der Waals surface area contributed by atoms with Gasteiger partial charge >= 0.3 is 0 Å². The van der Waals surface area contributed by atoms with E-state index in [0.717, 1.165) is 24.2 Å². The summed E-state index contributed by atoms with van der Waals surface area (Å²) in [6.07, 6.45) is 4.76. The van der Waals surface area contributed by atoms with Crippen molar-refractivity contribution in [3.05, 3.63) is 34.6 Å². The van der Waals surface area contributed by atoms with E-state index in [2.05, 4.69) is 30.0 Å². The molecule has 1 aliphatic carbocycles. The van der Waals surface area contributed by atoms with E-state index < -0.39 is 0 Å². The van der Waals surface area contributed by atoms with Crippen LogP contribution < -0.4 is 10.5 Å². The highest BCUT2D eigenvalue weighted by Crippen LogP contribution is 2.41. The maximum atomic E-state index is 12.6. The molecule has 1 aromatic carbocycles. The molecule has 2 fully saturated rings. The largest absolute Gasteiger partial charge is 0.341 e. The Labute approximate surface area is 154 Å². The minimum absolute atomic E-state index is 0.125. The van der Waals surface area contributed by atoms with Gasteiger partial charge in [0.05, 0.1) is 11.3 Å². The Bertz CT molecular complexity index is 1000. The van der Waals surface area contributed by atoms with Crippen LogP contribution in [0.5, 0.6) is 0 Å². The van der Waals surface area contributed by atoms with Gasteiger partial charge in [-0.05, 0) is 37.8 Å². The van der Waals surface area contributed by atoms with Crippen LogP contribution in [0.1, 0.15) is 31.7 Å². The van der Waals surface area contributed by atoms with Crippen LogP contribution in [0.25, 0.3) is 10.9 Å². The van der Waals surface area contributed by atoms with Crippen LogP contribution in [0.4, 0.5) is 5.95 Å². The van der Waals surface area contributed by atoms with Crippen molar-refractivity contribution in [1.82, 2.24) is 29.8 Å². The second-order valence-corrected chi connectivity index (χ2v) is 7.67. The molecule has 1 saturated carbocycles. The summed E-state index contributed by atoms with van der Waals surface area (Å²) < 4.78 is 3.64. The molecule has 2 aromatic heterocycles. The zero-order valence-electron chi connectivity index (χ0n) is 14.3. The van der Waals surface area contributed by atoms with Crippen molar-refractivity contribution in [1.29, 1.82) is 0 Å².